The fourth-order valence-corrected chi connectivity index (χ4v) is 3.20. The lowest BCUT2D eigenvalue weighted by Gasteiger charge is -2.18. The van der Waals surface area contributed by atoms with E-state index in [2.05, 4.69) is 10.6 Å². The molecule has 0 saturated carbocycles. The molecule has 27 heavy (non-hydrogen) atoms. The van der Waals surface area contributed by atoms with Gasteiger partial charge in [-0.2, -0.15) is 11.3 Å². The van der Waals surface area contributed by atoms with E-state index in [0.717, 1.165) is 0 Å². The van der Waals surface area contributed by atoms with E-state index < -0.39 is 0 Å². The lowest BCUT2D eigenvalue weighted by atomic mass is 10.1. The molecule has 0 aliphatic rings. The molecular weight excluding hydrogens is 362 g/mol. The number of nitrogens with one attached hydrogen (secondary N) is 2. The maximum absolute atomic E-state index is 12.3. The van der Waals surface area contributed by atoms with Gasteiger partial charge in [0, 0.05) is 48.2 Å². The first-order valence-electron chi connectivity index (χ1n) is 9.04. The van der Waals surface area contributed by atoms with Crippen LogP contribution in [-0.4, -0.2) is 42.3 Å². The molecule has 7 heteroatoms. The molecule has 2 N–H and O–H groups in total. The predicted molar refractivity (Wildman–Crippen MR) is 108 cm³/mol. The zero-order valence-corrected chi connectivity index (χ0v) is 16.5. The van der Waals surface area contributed by atoms with Crippen molar-refractivity contribution in [2.75, 3.05) is 25.0 Å². The van der Waals surface area contributed by atoms with Gasteiger partial charge in [-0.05, 0) is 56.0 Å². The highest BCUT2D eigenvalue weighted by Gasteiger charge is 2.12. The van der Waals surface area contributed by atoms with Crippen molar-refractivity contribution in [3.8, 4) is 0 Å². The minimum Gasteiger partial charge on any atom is -0.352 e. The van der Waals surface area contributed by atoms with Crippen molar-refractivity contribution in [2.45, 2.75) is 26.7 Å². The summed E-state index contributed by atoms with van der Waals surface area (Å²) < 4.78 is 0. The summed E-state index contributed by atoms with van der Waals surface area (Å²) in [7, 11) is 0. The summed E-state index contributed by atoms with van der Waals surface area (Å²) in [4.78, 5) is 37.8. The van der Waals surface area contributed by atoms with Crippen molar-refractivity contribution >= 4 is 34.7 Å². The highest BCUT2D eigenvalue weighted by atomic mass is 32.1. The summed E-state index contributed by atoms with van der Waals surface area (Å²) in [5, 5.41) is 9.24. The van der Waals surface area contributed by atoms with Crippen LogP contribution in [0.1, 0.15) is 47.4 Å². The van der Waals surface area contributed by atoms with Crippen LogP contribution in [0, 0.1) is 0 Å². The number of amides is 3. The topological polar surface area (TPSA) is 78.5 Å². The largest absolute Gasteiger partial charge is 0.352 e. The zero-order chi connectivity index (χ0) is 19.6. The van der Waals surface area contributed by atoms with Crippen LogP contribution < -0.4 is 10.6 Å². The Bertz CT molecular complexity index is 753. The average molecular weight is 388 g/mol. The minimum absolute atomic E-state index is 0.0146. The van der Waals surface area contributed by atoms with Crippen LogP contribution in [0.15, 0.2) is 41.1 Å². The first kappa shape index (κ1) is 20.6. The molecular formula is C20H25N3O3S. The third-order valence-electron chi connectivity index (χ3n) is 4.12. The molecule has 0 bridgehead atoms. The Kier molecular flexibility index (Phi) is 8.00. The van der Waals surface area contributed by atoms with Crippen LogP contribution in [0.4, 0.5) is 5.69 Å². The quantitative estimate of drug-likeness (QED) is 0.648. The molecule has 2 aromatic rings. The first-order chi connectivity index (χ1) is 13.0. The number of nitrogens with zero attached hydrogens (tertiary/aromatic N) is 1. The number of carbonyl (C=O) groups excluding carboxylic acids is 3. The summed E-state index contributed by atoms with van der Waals surface area (Å²) in [6.07, 6.45) is 0.865. The summed E-state index contributed by atoms with van der Waals surface area (Å²) in [6, 6.07) is 8.66. The summed E-state index contributed by atoms with van der Waals surface area (Å²) in [5.74, 6) is -0.257. The van der Waals surface area contributed by atoms with E-state index in [-0.39, 0.29) is 17.7 Å². The van der Waals surface area contributed by atoms with Crippen LogP contribution in [0.25, 0.3) is 0 Å². The van der Waals surface area contributed by atoms with Crippen LogP contribution in [0.2, 0.25) is 0 Å². The van der Waals surface area contributed by atoms with E-state index in [4.69, 9.17) is 0 Å². The molecule has 144 valence electrons. The Morgan fingerprint density at radius 3 is 2.30 bits per heavy atom. The third kappa shape index (κ3) is 6.21. The summed E-state index contributed by atoms with van der Waals surface area (Å²) in [5.41, 5.74) is 1.90. The SMILES string of the molecule is CCN(CC)C(=O)c1ccc(NC(=O)CCCNC(=O)c2ccsc2)cc1. The van der Waals surface area contributed by atoms with Gasteiger partial charge >= 0.3 is 0 Å². The van der Waals surface area contributed by atoms with E-state index >= 15 is 0 Å². The van der Waals surface area contributed by atoms with Crippen LogP contribution in [0.5, 0.6) is 0 Å². The third-order valence-corrected chi connectivity index (χ3v) is 4.80. The van der Waals surface area contributed by atoms with Gasteiger partial charge in [0.05, 0.1) is 0 Å². The van der Waals surface area contributed by atoms with Gasteiger partial charge in [-0.3, -0.25) is 14.4 Å². The molecule has 0 spiro atoms. The number of hydrogen-bond acceptors (Lipinski definition) is 4. The smallest absolute Gasteiger partial charge is 0.253 e. The maximum atomic E-state index is 12.3. The first-order valence-corrected chi connectivity index (χ1v) is 9.99. The molecule has 0 radical (unpaired) electrons. The van der Waals surface area contributed by atoms with Crippen molar-refractivity contribution < 1.29 is 14.4 Å². The van der Waals surface area contributed by atoms with Crippen molar-refractivity contribution in [2.24, 2.45) is 0 Å². The molecule has 1 heterocycles. The van der Waals surface area contributed by atoms with Crippen LogP contribution in [0.3, 0.4) is 0 Å². The van der Waals surface area contributed by atoms with Crippen LogP contribution in [-0.2, 0) is 4.79 Å². The number of rotatable bonds is 9. The zero-order valence-electron chi connectivity index (χ0n) is 15.7. The number of thiophene rings is 1. The fourth-order valence-electron chi connectivity index (χ4n) is 2.56. The number of anilines is 1. The van der Waals surface area contributed by atoms with Gasteiger partial charge in [-0.1, -0.05) is 0 Å². The number of benzene rings is 1. The molecule has 1 aromatic carbocycles. The molecule has 0 aliphatic carbocycles. The van der Waals surface area contributed by atoms with Gasteiger partial charge in [-0.15, -0.1) is 0 Å². The second-order valence-electron chi connectivity index (χ2n) is 5.97. The standard InChI is InChI=1S/C20H25N3O3S/c1-3-23(4-2)20(26)15-7-9-17(10-8-15)22-18(24)6-5-12-21-19(25)16-11-13-27-14-16/h7-11,13-14H,3-6,12H2,1-2H3,(H,21,25)(H,22,24). The molecule has 0 unspecified atom stereocenters. The van der Waals surface area contributed by atoms with Crippen molar-refractivity contribution in [1.82, 2.24) is 10.2 Å². The lowest BCUT2D eigenvalue weighted by Crippen LogP contribution is -2.30. The molecule has 0 fully saturated rings. The van der Waals surface area contributed by atoms with Crippen molar-refractivity contribution in [3.63, 3.8) is 0 Å². The predicted octanol–water partition coefficient (Wildman–Crippen LogP) is 3.38. The van der Waals surface area contributed by atoms with Gasteiger partial charge in [0.15, 0.2) is 0 Å². The van der Waals surface area contributed by atoms with Crippen molar-refractivity contribution in [1.29, 1.82) is 0 Å². The maximum Gasteiger partial charge on any atom is 0.253 e. The molecule has 2 rings (SSSR count). The average Bonchev–Trinajstić information content (AvgIpc) is 3.21. The van der Waals surface area contributed by atoms with Gasteiger partial charge < -0.3 is 15.5 Å². The van der Waals surface area contributed by atoms with Gasteiger partial charge in [0.2, 0.25) is 5.91 Å². The van der Waals surface area contributed by atoms with Gasteiger partial charge in [0.25, 0.3) is 11.8 Å². The molecule has 0 saturated heterocycles. The van der Waals surface area contributed by atoms with Gasteiger partial charge in [-0.25, -0.2) is 0 Å². The molecule has 0 aliphatic heterocycles. The molecule has 1 aromatic heterocycles. The molecule has 0 atom stereocenters. The monoisotopic (exact) mass is 387 g/mol. The Balaban J connectivity index is 1.74. The van der Waals surface area contributed by atoms with Crippen molar-refractivity contribution in [3.05, 3.63) is 52.2 Å². The Labute approximate surface area is 163 Å². The van der Waals surface area contributed by atoms with E-state index in [1.165, 1.54) is 11.3 Å². The number of hydrogen-bond donors (Lipinski definition) is 2. The van der Waals surface area contributed by atoms with E-state index in [9.17, 15) is 14.4 Å². The summed E-state index contributed by atoms with van der Waals surface area (Å²) in [6.45, 7) is 5.66. The Morgan fingerprint density at radius 2 is 1.70 bits per heavy atom. The van der Waals surface area contributed by atoms with Gasteiger partial charge in [0.1, 0.15) is 0 Å². The van der Waals surface area contributed by atoms with E-state index in [1.54, 1.807) is 40.6 Å². The number of carbonyl (C=O) groups is 3. The fraction of sp³-hybridized carbons (Fsp3) is 0.350. The molecule has 3 amide bonds. The Hall–Kier alpha value is -2.67. The Morgan fingerprint density at radius 1 is 1.00 bits per heavy atom. The van der Waals surface area contributed by atoms with Crippen LogP contribution >= 0.6 is 11.3 Å². The highest BCUT2D eigenvalue weighted by Crippen LogP contribution is 2.12. The second kappa shape index (κ2) is 10.5. The lowest BCUT2D eigenvalue weighted by molar-refractivity contribution is -0.116. The van der Waals surface area contributed by atoms with E-state index in [0.29, 0.717) is 49.3 Å². The summed E-state index contributed by atoms with van der Waals surface area (Å²) >= 11 is 1.47. The normalized spacial score (nSPS) is 10.3. The second-order valence-corrected chi connectivity index (χ2v) is 6.75. The molecule has 6 nitrogen and oxygen atoms in total. The highest BCUT2D eigenvalue weighted by molar-refractivity contribution is 7.08. The minimum atomic E-state index is -0.123. The van der Waals surface area contributed by atoms with E-state index in [1.807, 2.05) is 19.2 Å².